The topological polar surface area (TPSA) is 275 Å². The van der Waals surface area contributed by atoms with Crippen molar-refractivity contribution in [2.24, 2.45) is 0 Å². The average Bonchev–Trinajstić information content (AvgIpc) is 3.27. The minimum absolute atomic E-state index is 0.0178. The Hall–Kier alpha value is -8.85. The number of methoxy groups -OCH3 is 3. The molecule has 0 aromatic heterocycles. The van der Waals surface area contributed by atoms with Gasteiger partial charge in [-0.2, -0.15) is 5.26 Å². The summed E-state index contributed by atoms with van der Waals surface area (Å²) in [5, 5.41) is 52.8. The van der Waals surface area contributed by atoms with Crippen molar-refractivity contribution in [3.63, 3.8) is 0 Å². The molecule has 8 N–H and O–H groups in total. The molecule has 0 radical (unpaired) electrons. The smallest absolute Gasteiger partial charge is 0.339 e. The largest absolute Gasteiger partial charge is 0.504 e. The van der Waals surface area contributed by atoms with Crippen molar-refractivity contribution in [3.8, 4) is 29.1 Å². The number of aromatic carboxylic acids is 1. The Bertz CT molecular complexity index is 2640. The van der Waals surface area contributed by atoms with Gasteiger partial charge in [0, 0.05) is 28.1 Å². The molecular formula is C45H40N6O12. The number of ether oxygens (including phenoxy) is 3. The molecular weight excluding hydrogens is 817 g/mol. The second kappa shape index (κ2) is 20.4. The van der Waals surface area contributed by atoms with E-state index in [0.29, 0.717) is 11.3 Å². The number of hydrogen-bond donors (Lipinski definition) is 8. The van der Waals surface area contributed by atoms with Gasteiger partial charge >= 0.3 is 5.97 Å². The third-order valence-electron chi connectivity index (χ3n) is 9.34. The molecule has 0 aliphatic heterocycles. The van der Waals surface area contributed by atoms with E-state index in [1.807, 2.05) is 36.4 Å². The summed E-state index contributed by atoms with van der Waals surface area (Å²) < 4.78 is 15.7. The Morgan fingerprint density at radius 3 is 1.65 bits per heavy atom. The lowest BCUT2D eigenvalue weighted by Gasteiger charge is -2.17. The molecule has 0 aliphatic rings. The molecule has 63 heavy (non-hydrogen) atoms. The van der Waals surface area contributed by atoms with E-state index in [2.05, 4.69) is 26.6 Å². The van der Waals surface area contributed by atoms with E-state index in [1.54, 1.807) is 6.92 Å². The summed E-state index contributed by atoms with van der Waals surface area (Å²) >= 11 is 0. The third-order valence-corrected chi connectivity index (χ3v) is 9.34. The number of carboxylic acid groups (broad SMARTS) is 1. The molecule has 0 unspecified atom stereocenters. The van der Waals surface area contributed by atoms with Gasteiger partial charge in [-0.25, -0.2) is 4.79 Å². The maximum absolute atomic E-state index is 13.2. The van der Waals surface area contributed by atoms with Crippen LogP contribution in [0.2, 0.25) is 0 Å². The van der Waals surface area contributed by atoms with E-state index in [4.69, 9.17) is 14.2 Å². The van der Waals surface area contributed by atoms with Crippen molar-refractivity contribution in [3.05, 3.63) is 137 Å². The molecule has 5 aromatic rings. The van der Waals surface area contributed by atoms with E-state index in [9.17, 15) is 49.3 Å². The van der Waals surface area contributed by atoms with Gasteiger partial charge in [-0.05, 0) is 85.3 Å². The highest BCUT2D eigenvalue weighted by atomic mass is 16.5. The van der Waals surface area contributed by atoms with Crippen LogP contribution in [-0.2, 0) is 14.3 Å². The number of phenols is 2. The molecule has 18 nitrogen and oxygen atoms in total. The highest BCUT2D eigenvalue weighted by molar-refractivity contribution is 6.11. The molecule has 0 fully saturated rings. The first-order valence-electron chi connectivity index (χ1n) is 18.7. The van der Waals surface area contributed by atoms with Gasteiger partial charge in [-0.15, -0.1) is 0 Å². The number of rotatable bonds is 16. The van der Waals surface area contributed by atoms with Crippen LogP contribution >= 0.6 is 0 Å². The first kappa shape index (κ1) is 45.2. The first-order valence-corrected chi connectivity index (χ1v) is 18.7. The first-order chi connectivity index (χ1) is 30.2. The molecule has 5 aromatic carbocycles. The van der Waals surface area contributed by atoms with E-state index in [1.165, 1.54) is 80.9 Å². The zero-order valence-corrected chi connectivity index (χ0v) is 34.1. The van der Waals surface area contributed by atoms with Crippen LogP contribution in [0.4, 0.5) is 22.7 Å². The maximum Gasteiger partial charge on any atom is 0.339 e. The molecule has 18 heteroatoms. The van der Waals surface area contributed by atoms with Crippen LogP contribution < -0.4 is 36.1 Å². The summed E-state index contributed by atoms with van der Waals surface area (Å²) in [5.41, 5.74) is 1.41. The lowest BCUT2D eigenvalue weighted by atomic mass is 10.1. The van der Waals surface area contributed by atoms with E-state index in [0.717, 1.165) is 18.7 Å². The summed E-state index contributed by atoms with van der Waals surface area (Å²) in [5.74, 6) is -6.71. The zero-order valence-electron chi connectivity index (χ0n) is 34.1. The standard InChI is InChI=1S/C45H40N6O12/c1-24(25-8-6-5-7-9-25)37(61-2)44(58)48-29-16-12-27(13-17-29)41(55)51-34(22-23-46)43(57)47-28-14-10-26(11-15-28)40(54)49-32-20-18-30(35(52)38(32)62-3)42(56)50-33-21-19-31(45(59)60)36(53)39(33)63-4/h5-21,34,52-53H,22H2,1-4H3,(H,47,57)(H,48,58)(H,49,54)(H,50,56)(H,51,55)(H,59,60)/b37-24-/t34-/m0/s1. The Balaban J connectivity index is 1.19. The number of hydrogen-bond acceptors (Lipinski definition) is 12. The Morgan fingerprint density at radius 1 is 0.619 bits per heavy atom. The number of benzene rings is 5. The average molecular weight is 857 g/mol. The van der Waals surface area contributed by atoms with Crippen molar-refractivity contribution >= 4 is 63.8 Å². The summed E-state index contributed by atoms with van der Waals surface area (Å²) in [6, 6.07) is 26.0. The molecule has 0 bridgehead atoms. The molecule has 0 spiro atoms. The van der Waals surface area contributed by atoms with Crippen LogP contribution in [0.15, 0.2) is 109 Å². The number of phenolic OH excluding ortho intramolecular Hbond substituents is 1. The van der Waals surface area contributed by atoms with Gasteiger partial charge < -0.3 is 56.1 Å². The Morgan fingerprint density at radius 2 is 1.13 bits per heavy atom. The van der Waals surface area contributed by atoms with Crippen LogP contribution in [0.1, 0.15) is 60.3 Å². The van der Waals surface area contributed by atoms with Gasteiger partial charge in [0.05, 0.1) is 50.8 Å². The quantitative estimate of drug-likeness (QED) is 0.0419. The summed E-state index contributed by atoms with van der Waals surface area (Å²) in [6.07, 6.45) is -0.369. The minimum Gasteiger partial charge on any atom is -0.504 e. The van der Waals surface area contributed by atoms with Crippen molar-refractivity contribution in [1.82, 2.24) is 5.32 Å². The molecule has 0 heterocycles. The van der Waals surface area contributed by atoms with E-state index in [-0.39, 0.29) is 57.4 Å². The highest BCUT2D eigenvalue weighted by Crippen LogP contribution is 2.40. The number of anilines is 4. The van der Waals surface area contributed by atoms with Crippen molar-refractivity contribution in [2.45, 2.75) is 19.4 Å². The van der Waals surface area contributed by atoms with Gasteiger partial charge in [0.2, 0.25) is 5.91 Å². The number of nitrogens with zero attached hydrogens (tertiary/aromatic N) is 1. The Labute approximate surface area is 359 Å². The normalized spacial score (nSPS) is 11.3. The number of nitriles is 1. The number of allylic oxidation sites excluding steroid dienone is 1. The number of amides is 5. The van der Waals surface area contributed by atoms with Crippen LogP contribution in [0.25, 0.3) is 5.57 Å². The van der Waals surface area contributed by atoms with Crippen LogP contribution in [-0.4, -0.2) is 78.2 Å². The Kier molecular flexibility index (Phi) is 14.7. The maximum atomic E-state index is 13.2. The SMILES string of the molecule is CO/C(C(=O)Nc1ccc(C(=O)N[C@@H](CC#N)C(=O)Nc2ccc(C(=O)Nc3ccc(C(=O)Nc4ccc(C(=O)O)c(O)c4OC)c(O)c3OC)cc2)cc1)=C(/C)c1ccccc1. The predicted molar refractivity (Wildman–Crippen MR) is 230 cm³/mol. The lowest BCUT2D eigenvalue weighted by molar-refractivity contribution is -0.118. The number of carboxylic acids is 1. The molecule has 0 saturated carbocycles. The van der Waals surface area contributed by atoms with Crippen LogP contribution in [0.5, 0.6) is 23.0 Å². The number of aromatic hydroxyl groups is 2. The van der Waals surface area contributed by atoms with Crippen molar-refractivity contribution in [2.75, 3.05) is 42.6 Å². The molecule has 5 rings (SSSR count). The summed E-state index contributed by atoms with van der Waals surface area (Å²) in [7, 11) is 3.75. The minimum atomic E-state index is -1.43. The number of carbonyl (C=O) groups excluding carboxylic acids is 5. The third kappa shape index (κ3) is 10.7. The van der Waals surface area contributed by atoms with E-state index < -0.39 is 58.6 Å². The fraction of sp³-hybridized carbons (Fsp3) is 0.133. The van der Waals surface area contributed by atoms with Gasteiger partial charge in [0.25, 0.3) is 23.6 Å². The second-order valence-corrected chi connectivity index (χ2v) is 13.3. The monoisotopic (exact) mass is 856 g/mol. The highest BCUT2D eigenvalue weighted by Gasteiger charge is 2.25. The predicted octanol–water partition coefficient (Wildman–Crippen LogP) is 5.98. The van der Waals surface area contributed by atoms with Gasteiger partial charge in [-0.3, -0.25) is 24.0 Å². The molecule has 5 amide bonds. The molecule has 0 saturated heterocycles. The fourth-order valence-corrected chi connectivity index (χ4v) is 6.10. The van der Waals surface area contributed by atoms with Gasteiger partial charge in [-0.1, -0.05) is 30.3 Å². The van der Waals surface area contributed by atoms with Crippen LogP contribution in [0.3, 0.4) is 0 Å². The summed E-state index contributed by atoms with van der Waals surface area (Å²) in [6.45, 7) is 1.76. The fourth-order valence-electron chi connectivity index (χ4n) is 6.10. The zero-order chi connectivity index (χ0) is 45.8. The lowest BCUT2D eigenvalue weighted by Crippen LogP contribution is -2.43. The molecule has 1 atom stereocenters. The second-order valence-electron chi connectivity index (χ2n) is 13.3. The number of carbonyl (C=O) groups is 6. The molecule has 0 aliphatic carbocycles. The van der Waals surface area contributed by atoms with Crippen molar-refractivity contribution in [1.29, 1.82) is 5.26 Å². The van der Waals surface area contributed by atoms with Crippen molar-refractivity contribution < 1.29 is 58.3 Å². The number of nitrogens with one attached hydrogen (secondary N) is 5. The summed E-state index contributed by atoms with van der Waals surface area (Å²) in [4.78, 5) is 77.0. The van der Waals surface area contributed by atoms with Gasteiger partial charge in [0.15, 0.2) is 28.8 Å². The molecule has 322 valence electrons. The van der Waals surface area contributed by atoms with E-state index >= 15 is 0 Å². The van der Waals surface area contributed by atoms with Crippen LogP contribution in [0, 0.1) is 11.3 Å². The van der Waals surface area contributed by atoms with Gasteiger partial charge in [0.1, 0.15) is 11.6 Å².